The summed E-state index contributed by atoms with van der Waals surface area (Å²) >= 11 is 3.48. The Hall–Kier alpha value is -0.650. The predicted octanol–water partition coefficient (Wildman–Crippen LogP) is 2.95. The van der Waals surface area contributed by atoms with Gasteiger partial charge in [-0.3, -0.25) is 0 Å². The van der Waals surface area contributed by atoms with Gasteiger partial charge >= 0.3 is 0 Å². The molecule has 0 unspecified atom stereocenters. The van der Waals surface area contributed by atoms with Gasteiger partial charge in [0.1, 0.15) is 11.4 Å². The van der Waals surface area contributed by atoms with E-state index in [0.29, 0.717) is 6.61 Å². The number of thiophene rings is 1. The summed E-state index contributed by atoms with van der Waals surface area (Å²) < 4.78 is 1.19. The van der Waals surface area contributed by atoms with Crippen LogP contribution in [0.5, 0.6) is 0 Å². The molecule has 2 heterocycles. The molecule has 0 bridgehead atoms. The molecule has 2 aromatic rings. The SMILES string of the molecule is OCCCCCSc1ncnc2ccsc12. The van der Waals surface area contributed by atoms with Gasteiger partial charge in [-0.1, -0.05) is 6.42 Å². The minimum atomic E-state index is 0.299. The van der Waals surface area contributed by atoms with E-state index in [0.717, 1.165) is 35.6 Å². The van der Waals surface area contributed by atoms with Gasteiger partial charge in [-0.25, -0.2) is 9.97 Å². The molecule has 2 aromatic heterocycles. The lowest BCUT2D eigenvalue weighted by Crippen LogP contribution is -1.87. The molecule has 0 saturated heterocycles. The molecule has 0 atom stereocenters. The lowest BCUT2D eigenvalue weighted by Gasteiger charge is -2.01. The van der Waals surface area contributed by atoms with Crippen molar-refractivity contribution in [2.45, 2.75) is 24.3 Å². The maximum atomic E-state index is 8.67. The Balaban J connectivity index is 1.91. The molecule has 0 radical (unpaired) electrons. The molecule has 0 amide bonds. The van der Waals surface area contributed by atoms with E-state index < -0.39 is 0 Å². The zero-order chi connectivity index (χ0) is 11.2. The fourth-order valence-electron chi connectivity index (χ4n) is 1.43. The van der Waals surface area contributed by atoms with Gasteiger partial charge in [-0.2, -0.15) is 0 Å². The fraction of sp³-hybridized carbons (Fsp3) is 0.455. The van der Waals surface area contributed by atoms with Crippen LogP contribution in [0, 0.1) is 0 Å². The number of aliphatic hydroxyl groups excluding tert-OH is 1. The molecule has 2 rings (SSSR count). The van der Waals surface area contributed by atoms with Crippen molar-refractivity contribution in [1.29, 1.82) is 0 Å². The van der Waals surface area contributed by atoms with Gasteiger partial charge < -0.3 is 5.11 Å². The van der Waals surface area contributed by atoms with Crippen molar-refractivity contribution >= 4 is 33.3 Å². The Labute approximate surface area is 103 Å². The van der Waals surface area contributed by atoms with Gasteiger partial charge in [0.05, 0.1) is 10.2 Å². The summed E-state index contributed by atoms with van der Waals surface area (Å²) in [7, 11) is 0. The molecular formula is C11H14N2OS2. The zero-order valence-electron chi connectivity index (χ0n) is 8.93. The molecule has 0 aliphatic heterocycles. The molecule has 86 valence electrons. The lowest BCUT2D eigenvalue weighted by atomic mass is 10.3. The van der Waals surface area contributed by atoms with Gasteiger partial charge in [-0.05, 0) is 30.0 Å². The van der Waals surface area contributed by atoms with Crippen LogP contribution in [0.15, 0.2) is 22.8 Å². The van der Waals surface area contributed by atoms with Gasteiger partial charge in [0.25, 0.3) is 0 Å². The minimum absolute atomic E-state index is 0.299. The van der Waals surface area contributed by atoms with Crippen molar-refractivity contribution in [3.8, 4) is 0 Å². The van der Waals surface area contributed by atoms with Gasteiger partial charge in [-0.15, -0.1) is 23.1 Å². The highest BCUT2D eigenvalue weighted by atomic mass is 32.2. The Morgan fingerprint density at radius 1 is 1.25 bits per heavy atom. The minimum Gasteiger partial charge on any atom is -0.396 e. The van der Waals surface area contributed by atoms with E-state index in [1.54, 1.807) is 29.4 Å². The third kappa shape index (κ3) is 2.93. The summed E-state index contributed by atoms with van der Waals surface area (Å²) in [5.74, 6) is 1.06. The quantitative estimate of drug-likeness (QED) is 0.489. The first-order valence-electron chi connectivity index (χ1n) is 5.33. The number of rotatable bonds is 6. The van der Waals surface area contributed by atoms with Crippen LogP contribution in [0.4, 0.5) is 0 Å². The van der Waals surface area contributed by atoms with Crippen LogP contribution >= 0.6 is 23.1 Å². The van der Waals surface area contributed by atoms with Crippen LogP contribution in [-0.4, -0.2) is 27.4 Å². The number of fused-ring (bicyclic) bond motifs is 1. The predicted molar refractivity (Wildman–Crippen MR) is 69.1 cm³/mol. The van der Waals surface area contributed by atoms with Crippen LogP contribution in [0.25, 0.3) is 10.2 Å². The van der Waals surface area contributed by atoms with Crippen LogP contribution < -0.4 is 0 Å². The second kappa shape index (κ2) is 6.18. The molecular weight excluding hydrogens is 240 g/mol. The molecule has 0 aliphatic carbocycles. The summed E-state index contributed by atoms with van der Waals surface area (Å²) in [5, 5.41) is 11.8. The molecule has 0 spiro atoms. The summed E-state index contributed by atoms with van der Waals surface area (Å²) in [6.07, 6.45) is 4.74. The number of unbranched alkanes of at least 4 members (excludes halogenated alkanes) is 2. The molecule has 0 fully saturated rings. The first-order valence-corrected chi connectivity index (χ1v) is 7.20. The van der Waals surface area contributed by atoms with Crippen molar-refractivity contribution in [3.63, 3.8) is 0 Å². The highest BCUT2D eigenvalue weighted by Gasteiger charge is 2.04. The number of aromatic nitrogens is 2. The van der Waals surface area contributed by atoms with Crippen LogP contribution in [0.3, 0.4) is 0 Å². The number of aliphatic hydroxyl groups is 1. The molecule has 0 aromatic carbocycles. The van der Waals surface area contributed by atoms with Crippen LogP contribution in [0.2, 0.25) is 0 Å². The van der Waals surface area contributed by atoms with E-state index >= 15 is 0 Å². The second-order valence-corrected chi connectivity index (χ2v) is 5.45. The van der Waals surface area contributed by atoms with Gasteiger partial charge in [0.2, 0.25) is 0 Å². The molecule has 0 saturated carbocycles. The number of thioether (sulfide) groups is 1. The Kier molecular flexibility index (Phi) is 4.56. The fourth-order valence-corrected chi connectivity index (χ4v) is 3.38. The first kappa shape index (κ1) is 11.8. The van der Waals surface area contributed by atoms with Crippen LogP contribution in [0.1, 0.15) is 19.3 Å². The Bertz CT molecular complexity index is 444. The summed E-state index contributed by atoms with van der Waals surface area (Å²) in [6.45, 7) is 0.299. The standard InChI is InChI=1S/C11H14N2OS2/c14-5-2-1-3-6-16-11-10-9(4-7-15-10)12-8-13-11/h4,7-8,14H,1-3,5-6H2. The highest BCUT2D eigenvalue weighted by molar-refractivity contribution is 7.99. The second-order valence-electron chi connectivity index (χ2n) is 3.45. The van der Waals surface area contributed by atoms with E-state index in [2.05, 4.69) is 15.3 Å². The number of nitrogens with zero attached hydrogens (tertiary/aromatic N) is 2. The number of hydrogen-bond donors (Lipinski definition) is 1. The first-order chi connectivity index (χ1) is 7.92. The molecule has 1 N–H and O–H groups in total. The molecule has 3 nitrogen and oxygen atoms in total. The monoisotopic (exact) mass is 254 g/mol. The third-order valence-corrected chi connectivity index (χ3v) is 4.37. The maximum absolute atomic E-state index is 8.67. The Morgan fingerprint density at radius 3 is 3.06 bits per heavy atom. The smallest absolute Gasteiger partial charge is 0.117 e. The number of hydrogen-bond acceptors (Lipinski definition) is 5. The van der Waals surface area contributed by atoms with E-state index in [-0.39, 0.29) is 0 Å². The zero-order valence-corrected chi connectivity index (χ0v) is 10.6. The normalized spacial score (nSPS) is 11.1. The summed E-state index contributed by atoms with van der Waals surface area (Å²) in [5.41, 5.74) is 1.04. The topological polar surface area (TPSA) is 46.0 Å². The van der Waals surface area contributed by atoms with Gasteiger partial charge in [0.15, 0.2) is 0 Å². The van der Waals surface area contributed by atoms with Crippen molar-refractivity contribution in [1.82, 2.24) is 9.97 Å². The lowest BCUT2D eigenvalue weighted by molar-refractivity contribution is 0.284. The van der Waals surface area contributed by atoms with Crippen molar-refractivity contribution in [2.75, 3.05) is 12.4 Å². The van der Waals surface area contributed by atoms with E-state index in [4.69, 9.17) is 5.11 Å². The Morgan fingerprint density at radius 2 is 2.19 bits per heavy atom. The summed E-state index contributed by atoms with van der Waals surface area (Å²) in [6, 6.07) is 2.03. The average molecular weight is 254 g/mol. The summed E-state index contributed by atoms with van der Waals surface area (Å²) in [4.78, 5) is 8.52. The van der Waals surface area contributed by atoms with E-state index in [9.17, 15) is 0 Å². The third-order valence-electron chi connectivity index (χ3n) is 2.25. The average Bonchev–Trinajstić information content (AvgIpc) is 2.77. The molecule has 16 heavy (non-hydrogen) atoms. The van der Waals surface area contributed by atoms with Crippen molar-refractivity contribution in [3.05, 3.63) is 17.8 Å². The molecule has 5 heteroatoms. The largest absolute Gasteiger partial charge is 0.396 e. The van der Waals surface area contributed by atoms with E-state index in [1.165, 1.54) is 4.70 Å². The van der Waals surface area contributed by atoms with Crippen LogP contribution in [-0.2, 0) is 0 Å². The van der Waals surface area contributed by atoms with Crippen molar-refractivity contribution in [2.24, 2.45) is 0 Å². The van der Waals surface area contributed by atoms with Gasteiger partial charge in [0, 0.05) is 6.61 Å². The van der Waals surface area contributed by atoms with E-state index in [1.807, 2.05) is 6.07 Å². The highest BCUT2D eigenvalue weighted by Crippen LogP contribution is 2.29. The van der Waals surface area contributed by atoms with Crippen molar-refractivity contribution < 1.29 is 5.11 Å². The maximum Gasteiger partial charge on any atom is 0.117 e. The molecule has 0 aliphatic rings.